The van der Waals surface area contributed by atoms with Crippen LogP contribution in [0.3, 0.4) is 0 Å². The Morgan fingerprint density at radius 2 is 2.07 bits per heavy atom. The number of rotatable bonds is 6. The van der Waals surface area contributed by atoms with Gasteiger partial charge in [-0.25, -0.2) is 0 Å². The molecule has 1 amide bonds. The summed E-state index contributed by atoms with van der Waals surface area (Å²) in [6, 6.07) is 2.16. The van der Waals surface area contributed by atoms with E-state index in [9.17, 15) is 4.79 Å². The average molecular weight is 490 g/mol. The van der Waals surface area contributed by atoms with Crippen molar-refractivity contribution in [3.05, 3.63) is 23.7 Å². The van der Waals surface area contributed by atoms with Crippen molar-refractivity contribution in [3.8, 4) is 0 Å². The Hall–Kier alpha value is -1.29. The molecule has 0 aromatic carbocycles. The van der Waals surface area contributed by atoms with Crippen molar-refractivity contribution in [2.75, 3.05) is 26.7 Å². The van der Waals surface area contributed by atoms with Gasteiger partial charge in [0.05, 0.1) is 12.4 Å². The minimum atomic E-state index is -0.168. The van der Waals surface area contributed by atoms with Gasteiger partial charge in [0.15, 0.2) is 11.7 Å². The maximum absolute atomic E-state index is 12.0. The van der Waals surface area contributed by atoms with Crippen LogP contribution in [0.15, 0.2) is 21.7 Å². The van der Waals surface area contributed by atoms with Crippen molar-refractivity contribution in [2.45, 2.75) is 45.8 Å². The van der Waals surface area contributed by atoms with Crippen molar-refractivity contribution in [1.29, 1.82) is 0 Å². The minimum absolute atomic E-state index is 0. The zero-order chi connectivity index (χ0) is 18.7. The number of carbonyl (C=O) groups excluding carboxylic acids is 1. The van der Waals surface area contributed by atoms with E-state index in [4.69, 9.17) is 9.15 Å². The van der Waals surface area contributed by atoms with Gasteiger partial charge in [0.25, 0.3) is 5.91 Å². The Morgan fingerprint density at radius 3 is 2.74 bits per heavy atom. The largest absolute Gasteiger partial charge is 0.459 e. The van der Waals surface area contributed by atoms with E-state index >= 15 is 0 Å². The molecule has 152 valence electrons. The monoisotopic (exact) mass is 490 g/mol. The van der Waals surface area contributed by atoms with Gasteiger partial charge in [-0.2, -0.15) is 0 Å². The van der Waals surface area contributed by atoms with Crippen LogP contribution in [-0.2, 0) is 4.74 Å². The predicted octanol–water partition coefficient (Wildman–Crippen LogP) is 2.30. The standard InChI is InChI=1S/C19H30N4O3.HI/c1-12-6-10-25-14(12)17(24)21-8-5-9-22-18(20-4)23-15-13-7-11-26-16(13)19(15,2)3;/h6,10,13,15-16H,5,7-9,11H2,1-4H3,(H,21,24)(H2,20,22,23);1H. The summed E-state index contributed by atoms with van der Waals surface area (Å²) in [4.78, 5) is 16.3. The van der Waals surface area contributed by atoms with Gasteiger partial charge >= 0.3 is 0 Å². The number of nitrogens with zero attached hydrogens (tertiary/aromatic N) is 1. The first-order chi connectivity index (χ1) is 12.4. The number of amides is 1. The number of fused-ring (bicyclic) bond motifs is 1. The van der Waals surface area contributed by atoms with Crippen LogP contribution in [-0.4, -0.2) is 50.8 Å². The average Bonchev–Trinajstić information content (AvgIpc) is 3.24. The maximum Gasteiger partial charge on any atom is 0.287 e. The number of carbonyl (C=O) groups is 1. The third-order valence-electron chi connectivity index (χ3n) is 5.62. The first-order valence-electron chi connectivity index (χ1n) is 9.36. The zero-order valence-corrected chi connectivity index (χ0v) is 18.8. The van der Waals surface area contributed by atoms with Gasteiger partial charge in [-0.15, -0.1) is 24.0 Å². The third kappa shape index (κ3) is 4.59. The van der Waals surface area contributed by atoms with E-state index in [1.807, 2.05) is 6.92 Å². The van der Waals surface area contributed by atoms with Crippen LogP contribution in [0.4, 0.5) is 0 Å². The second-order valence-corrected chi connectivity index (χ2v) is 7.73. The lowest BCUT2D eigenvalue weighted by Gasteiger charge is -2.54. The molecule has 0 spiro atoms. The predicted molar refractivity (Wildman–Crippen MR) is 116 cm³/mol. The topological polar surface area (TPSA) is 87.9 Å². The summed E-state index contributed by atoms with van der Waals surface area (Å²) >= 11 is 0. The quantitative estimate of drug-likeness (QED) is 0.247. The summed E-state index contributed by atoms with van der Waals surface area (Å²) in [5, 5.41) is 9.75. The highest BCUT2D eigenvalue weighted by molar-refractivity contribution is 14.0. The molecule has 3 rings (SSSR count). The Balaban J connectivity index is 0.00000261. The smallest absolute Gasteiger partial charge is 0.287 e. The summed E-state index contributed by atoms with van der Waals surface area (Å²) in [5.41, 5.74) is 0.968. The molecule has 1 aliphatic heterocycles. The number of guanidine groups is 1. The van der Waals surface area contributed by atoms with Gasteiger partial charge in [0, 0.05) is 49.7 Å². The summed E-state index contributed by atoms with van der Waals surface area (Å²) < 4.78 is 11.0. The van der Waals surface area contributed by atoms with E-state index in [1.54, 1.807) is 13.1 Å². The van der Waals surface area contributed by atoms with E-state index in [0.717, 1.165) is 37.5 Å². The number of ether oxygens (including phenoxy) is 1. The molecule has 3 unspecified atom stereocenters. The molecule has 2 heterocycles. The number of halogens is 1. The van der Waals surface area contributed by atoms with Crippen LogP contribution in [0.25, 0.3) is 0 Å². The van der Waals surface area contributed by atoms with Crippen LogP contribution < -0.4 is 16.0 Å². The molecule has 27 heavy (non-hydrogen) atoms. The van der Waals surface area contributed by atoms with Gasteiger partial charge in [0.1, 0.15) is 0 Å². The van der Waals surface area contributed by atoms with Crippen LogP contribution in [0.1, 0.15) is 42.8 Å². The highest BCUT2D eigenvalue weighted by atomic mass is 127. The van der Waals surface area contributed by atoms with Crippen LogP contribution in [0, 0.1) is 18.3 Å². The normalized spacial score (nSPS) is 25.8. The molecule has 2 aliphatic rings. The number of aliphatic imine (C=N–C) groups is 1. The number of aryl methyl sites for hydroxylation is 1. The van der Waals surface area contributed by atoms with Crippen molar-refractivity contribution in [2.24, 2.45) is 16.3 Å². The SMILES string of the molecule is CN=C(NCCCNC(=O)c1occc1C)NC1C2CCOC2C1(C)C.I. The molecule has 0 bridgehead atoms. The van der Waals surface area contributed by atoms with E-state index in [-0.39, 0.29) is 35.3 Å². The van der Waals surface area contributed by atoms with Gasteiger partial charge in [-0.3, -0.25) is 9.79 Å². The van der Waals surface area contributed by atoms with E-state index in [1.165, 1.54) is 6.26 Å². The molecule has 8 heteroatoms. The van der Waals surface area contributed by atoms with Crippen LogP contribution >= 0.6 is 24.0 Å². The number of hydrogen-bond acceptors (Lipinski definition) is 4. The Morgan fingerprint density at radius 1 is 1.33 bits per heavy atom. The lowest BCUT2D eigenvalue weighted by Crippen LogP contribution is -2.68. The van der Waals surface area contributed by atoms with Crippen molar-refractivity contribution >= 4 is 35.8 Å². The Labute approximate surface area is 178 Å². The first-order valence-corrected chi connectivity index (χ1v) is 9.36. The molecule has 3 atom stereocenters. The fraction of sp³-hybridized carbons (Fsp3) is 0.684. The molecule has 1 aromatic heterocycles. The second-order valence-electron chi connectivity index (χ2n) is 7.73. The van der Waals surface area contributed by atoms with E-state index in [0.29, 0.717) is 30.4 Å². The van der Waals surface area contributed by atoms with Crippen LogP contribution in [0.2, 0.25) is 0 Å². The molecule has 1 aromatic rings. The third-order valence-corrected chi connectivity index (χ3v) is 5.62. The second kappa shape index (κ2) is 9.27. The first kappa shape index (κ1) is 22.0. The van der Waals surface area contributed by atoms with E-state index < -0.39 is 0 Å². The molecule has 7 nitrogen and oxygen atoms in total. The molecule has 0 radical (unpaired) electrons. The molecule has 2 fully saturated rings. The fourth-order valence-corrected chi connectivity index (χ4v) is 4.14. The van der Waals surface area contributed by atoms with E-state index in [2.05, 4.69) is 34.8 Å². The molecular formula is C19H31IN4O3. The molecule has 3 N–H and O–H groups in total. The minimum Gasteiger partial charge on any atom is -0.459 e. The summed E-state index contributed by atoms with van der Waals surface area (Å²) in [6.45, 7) is 8.52. The molecular weight excluding hydrogens is 459 g/mol. The van der Waals surface area contributed by atoms with Gasteiger partial charge in [0.2, 0.25) is 0 Å². The van der Waals surface area contributed by atoms with Gasteiger partial charge in [-0.1, -0.05) is 13.8 Å². The van der Waals surface area contributed by atoms with Crippen molar-refractivity contribution < 1.29 is 13.9 Å². The fourth-order valence-electron chi connectivity index (χ4n) is 4.14. The summed E-state index contributed by atoms with van der Waals surface area (Å²) in [5.74, 6) is 1.59. The summed E-state index contributed by atoms with van der Waals surface area (Å²) in [7, 11) is 1.78. The number of hydrogen-bond donors (Lipinski definition) is 3. The van der Waals surface area contributed by atoms with Gasteiger partial charge in [-0.05, 0) is 25.8 Å². The highest BCUT2D eigenvalue weighted by Gasteiger charge is 2.59. The maximum atomic E-state index is 12.0. The highest BCUT2D eigenvalue weighted by Crippen LogP contribution is 2.52. The Kier molecular flexibility index (Phi) is 7.55. The Bertz CT molecular complexity index is 674. The lowest BCUT2D eigenvalue weighted by molar-refractivity contribution is -0.106. The molecule has 1 aliphatic carbocycles. The molecule has 1 saturated carbocycles. The van der Waals surface area contributed by atoms with Gasteiger partial charge < -0.3 is 25.1 Å². The van der Waals surface area contributed by atoms with Crippen molar-refractivity contribution in [1.82, 2.24) is 16.0 Å². The number of furan rings is 1. The van der Waals surface area contributed by atoms with Crippen molar-refractivity contribution in [3.63, 3.8) is 0 Å². The zero-order valence-electron chi connectivity index (χ0n) is 16.5. The molecule has 1 saturated heterocycles. The van der Waals surface area contributed by atoms with Crippen LogP contribution in [0.5, 0.6) is 0 Å². The lowest BCUT2D eigenvalue weighted by atomic mass is 9.57. The summed E-state index contributed by atoms with van der Waals surface area (Å²) in [6.07, 6.45) is 3.80. The number of nitrogens with one attached hydrogen (secondary N) is 3.